The Morgan fingerprint density at radius 3 is 2.71 bits per heavy atom. The van der Waals surface area contributed by atoms with E-state index in [1.54, 1.807) is 0 Å². The van der Waals surface area contributed by atoms with Crippen LogP contribution in [0.4, 0.5) is 4.79 Å². The Morgan fingerprint density at radius 1 is 1.24 bits per heavy atom. The number of hydrogen-bond acceptors (Lipinski definition) is 2. The van der Waals surface area contributed by atoms with Gasteiger partial charge in [-0.05, 0) is 39.7 Å². The monoisotopic (exact) mass is 239 g/mol. The highest BCUT2D eigenvalue weighted by atomic mass is 16.2. The molecule has 0 radical (unpaired) electrons. The lowest BCUT2D eigenvalue weighted by Crippen LogP contribution is -2.50. The van der Waals surface area contributed by atoms with Gasteiger partial charge in [0, 0.05) is 31.7 Å². The van der Waals surface area contributed by atoms with E-state index in [4.69, 9.17) is 0 Å². The number of hydrogen-bond donors (Lipinski definition) is 1. The number of nitrogens with zero attached hydrogens (tertiary/aromatic N) is 2. The van der Waals surface area contributed by atoms with Crippen LogP contribution in [0.3, 0.4) is 0 Å². The van der Waals surface area contributed by atoms with E-state index >= 15 is 0 Å². The number of fused-ring (bicyclic) bond motifs is 1. The summed E-state index contributed by atoms with van der Waals surface area (Å²) < 4.78 is 0. The third-order valence-corrected chi connectivity index (χ3v) is 4.22. The van der Waals surface area contributed by atoms with Gasteiger partial charge in [0.05, 0.1) is 0 Å². The standard InChI is InChI=1S/C13H25N3O/c1-3-15(4-2)13(17)14-11-8-10-16-9-6-5-7-12(11)16/h11-12H,3-10H2,1-2H3,(H,14,17). The normalized spacial score (nSPS) is 28.8. The van der Waals surface area contributed by atoms with E-state index in [1.807, 2.05) is 18.7 Å². The van der Waals surface area contributed by atoms with Crippen molar-refractivity contribution in [3.05, 3.63) is 0 Å². The Balaban J connectivity index is 1.88. The second kappa shape index (κ2) is 5.71. The third-order valence-electron chi connectivity index (χ3n) is 4.22. The van der Waals surface area contributed by atoms with Crippen molar-refractivity contribution in [2.45, 2.75) is 51.6 Å². The molecule has 1 N–H and O–H groups in total. The van der Waals surface area contributed by atoms with Crippen molar-refractivity contribution in [1.82, 2.24) is 15.1 Å². The van der Waals surface area contributed by atoms with E-state index in [-0.39, 0.29) is 6.03 Å². The molecule has 0 aliphatic carbocycles. The average molecular weight is 239 g/mol. The van der Waals surface area contributed by atoms with Gasteiger partial charge < -0.3 is 10.2 Å². The smallest absolute Gasteiger partial charge is 0.317 e. The summed E-state index contributed by atoms with van der Waals surface area (Å²) in [5.74, 6) is 0. The van der Waals surface area contributed by atoms with Gasteiger partial charge in [-0.3, -0.25) is 4.90 Å². The molecule has 0 aromatic carbocycles. The minimum absolute atomic E-state index is 0.118. The highest BCUT2D eigenvalue weighted by molar-refractivity contribution is 5.74. The van der Waals surface area contributed by atoms with Crippen molar-refractivity contribution in [2.24, 2.45) is 0 Å². The van der Waals surface area contributed by atoms with Gasteiger partial charge >= 0.3 is 6.03 Å². The number of carbonyl (C=O) groups is 1. The highest BCUT2D eigenvalue weighted by Crippen LogP contribution is 2.27. The molecule has 2 aliphatic heterocycles. The van der Waals surface area contributed by atoms with Gasteiger partial charge in [-0.25, -0.2) is 4.79 Å². The van der Waals surface area contributed by atoms with Crippen LogP contribution in [0.25, 0.3) is 0 Å². The van der Waals surface area contributed by atoms with Crippen LogP contribution in [0.2, 0.25) is 0 Å². The Bertz CT molecular complexity index is 265. The van der Waals surface area contributed by atoms with E-state index in [2.05, 4.69) is 10.2 Å². The molecule has 0 saturated carbocycles. The second-order valence-corrected chi connectivity index (χ2v) is 5.12. The number of rotatable bonds is 3. The molecule has 0 bridgehead atoms. The number of piperidine rings is 1. The van der Waals surface area contributed by atoms with Gasteiger partial charge in [0.2, 0.25) is 0 Å². The van der Waals surface area contributed by atoms with Crippen LogP contribution in [0, 0.1) is 0 Å². The van der Waals surface area contributed by atoms with Crippen LogP contribution in [0.1, 0.15) is 39.5 Å². The van der Waals surface area contributed by atoms with Crippen molar-refractivity contribution in [1.29, 1.82) is 0 Å². The lowest BCUT2D eigenvalue weighted by atomic mass is 9.99. The van der Waals surface area contributed by atoms with Crippen LogP contribution < -0.4 is 5.32 Å². The SMILES string of the molecule is CCN(CC)C(=O)NC1CCN2CCCCC12. The van der Waals surface area contributed by atoms with Crippen LogP contribution >= 0.6 is 0 Å². The van der Waals surface area contributed by atoms with Crippen LogP contribution in [0.15, 0.2) is 0 Å². The minimum Gasteiger partial charge on any atom is -0.334 e. The molecule has 2 fully saturated rings. The van der Waals surface area contributed by atoms with Gasteiger partial charge in [-0.1, -0.05) is 6.42 Å². The first-order valence-corrected chi connectivity index (χ1v) is 7.05. The summed E-state index contributed by atoms with van der Waals surface area (Å²) >= 11 is 0. The molecule has 98 valence electrons. The van der Waals surface area contributed by atoms with Crippen LogP contribution in [-0.2, 0) is 0 Å². The van der Waals surface area contributed by atoms with Crippen LogP contribution in [0.5, 0.6) is 0 Å². The number of urea groups is 1. The highest BCUT2D eigenvalue weighted by Gasteiger charge is 2.36. The molecule has 17 heavy (non-hydrogen) atoms. The lowest BCUT2D eigenvalue weighted by Gasteiger charge is -2.33. The lowest BCUT2D eigenvalue weighted by molar-refractivity contribution is 0.169. The van der Waals surface area contributed by atoms with Gasteiger partial charge in [-0.2, -0.15) is 0 Å². The van der Waals surface area contributed by atoms with Gasteiger partial charge in [0.25, 0.3) is 0 Å². The topological polar surface area (TPSA) is 35.6 Å². The molecule has 0 spiro atoms. The summed E-state index contributed by atoms with van der Waals surface area (Å²) in [6.07, 6.45) is 5.02. The number of carbonyl (C=O) groups excluding carboxylic acids is 1. The summed E-state index contributed by atoms with van der Waals surface area (Å²) in [4.78, 5) is 16.5. The summed E-state index contributed by atoms with van der Waals surface area (Å²) in [7, 11) is 0. The zero-order valence-corrected chi connectivity index (χ0v) is 11.1. The van der Waals surface area contributed by atoms with E-state index in [1.165, 1.54) is 25.8 Å². The molecule has 4 nitrogen and oxygen atoms in total. The molecule has 2 rings (SSSR count). The Morgan fingerprint density at radius 2 is 2.00 bits per heavy atom. The van der Waals surface area contributed by atoms with Crippen molar-refractivity contribution in [3.63, 3.8) is 0 Å². The molecule has 2 amide bonds. The van der Waals surface area contributed by atoms with Crippen molar-refractivity contribution < 1.29 is 4.79 Å². The Labute approximate surface area is 104 Å². The zero-order valence-electron chi connectivity index (χ0n) is 11.1. The maximum Gasteiger partial charge on any atom is 0.317 e. The quantitative estimate of drug-likeness (QED) is 0.813. The minimum atomic E-state index is 0.118. The van der Waals surface area contributed by atoms with E-state index in [9.17, 15) is 4.79 Å². The molecule has 2 unspecified atom stereocenters. The summed E-state index contributed by atoms with van der Waals surface area (Å²) in [6.45, 7) is 8.04. The molecule has 2 aliphatic rings. The molecule has 0 aromatic rings. The molecule has 2 atom stereocenters. The molecule has 2 saturated heterocycles. The van der Waals surface area contributed by atoms with E-state index in [0.717, 1.165) is 26.1 Å². The van der Waals surface area contributed by atoms with Gasteiger partial charge in [-0.15, -0.1) is 0 Å². The van der Waals surface area contributed by atoms with E-state index < -0.39 is 0 Å². The first-order chi connectivity index (χ1) is 8.26. The van der Waals surface area contributed by atoms with Crippen molar-refractivity contribution >= 4 is 6.03 Å². The molecule has 2 heterocycles. The maximum absolute atomic E-state index is 12.0. The first-order valence-electron chi connectivity index (χ1n) is 7.05. The third kappa shape index (κ3) is 2.73. The molecule has 0 aromatic heterocycles. The summed E-state index contributed by atoms with van der Waals surface area (Å²) in [5, 5.41) is 3.23. The van der Waals surface area contributed by atoms with E-state index in [0.29, 0.717) is 12.1 Å². The van der Waals surface area contributed by atoms with Gasteiger partial charge in [0.15, 0.2) is 0 Å². The van der Waals surface area contributed by atoms with Crippen LogP contribution in [-0.4, -0.2) is 54.1 Å². The zero-order chi connectivity index (χ0) is 12.3. The second-order valence-electron chi connectivity index (χ2n) is 5.12. The molecular weight excluding hydrogens is 214 g/mol. The Kier molecular flexibility index (Phi) is 4.26. The fourth-order valence-corrected chi connectivity index (χ4v) is 3.18. The number of amides is 2. The Hall–Kier alpha value is -0.770. The maximum atomic E-state index is 12.0. The summed E-state index contributed by atoms with van der Waals surface area (Å²) in [5.41, 5.74) is 0. The average Bonchev–Trinajstić information content (AvgIpc) is 2.74. The first kappa shape index (κ1) is 12.7. The largest absolute Gasteiger partial charge is 0.334 e. The fraction of sp³-hybridized carbons (Fsp3) is 0.923. The molecular formula is C13H25N3O. The number of nitrogens with one attached hydrogen (secondary N) is 1. The predicted molar refractivity (Wildman–Crippen MR) is 69.1 cm³/mol. The molecule has 4 heteroatoms. The fourth-order valence-electron chi connectivity index (χ4n) is 3.18. The summed E-state index contributed by atoms with van der Waals surface area (Å²) in [6, 6.07) is 1.10. The van der Waals surface area contributed by atoms with Gasteiger partial charge in [0.1, 0.15) is 0 Å². The van der Waals surface area contributed by atoms with Crippen molar-refractivity contribution in [3.8, 4) is 0 Å². The van der Waals surface area contributed by atoms with Crippen molar-refractivity contribution in [2.75, 3.05) is 26.2 Å². The predicted octanol–water partition coefficient (Wildman–Crippen LogP) is 1.66.